The lowest BCUT2D eigenvalue weighted by atomic mass is 10.3. The van der Waals surface area contributed by atoms with Crippen molar-refractivity contribution in [2.24, 2.45) is 0 Å². The molecule has 1 aliphatic rings. The lowest BCUT2D eigenvalue weighted by Crippen LogP contribution is -2.37. The highest BCUT2D eigenvalue weighted by molar-refractivity contribution is 5.77. The molecular weight excluding hydrogens is 234 g/mol. The van der Waals surface area contributed by atoms with Gasteiger partial charge in [-0.2, -0.15) is 0 Å². The minimum atomic E-state index is -0.291. The van der Waals surface area contributed by atoms with Crippen LogP contribution in [0.1, 0.15) is 0 Å². The maximum atomic E-state index is 11.7. The molecule has 1 saturated heterocycles. The highest BCUT2D eigenvalue weighted by Gasteiger charge is 2.14. The van der Waals surface area contributed by atoms with Crippen molar-refractivity contribution in [1.82, 2.24) is 14.6 Å². The van der Waals surface area contributed by atoms with E-state index in [1.165, 1.54) is 12.4 Å². The highest BCUT2D eigenvalue weighted by Crippen LogP contribution is 2.13. The van der Waals surface area contributed by atoms with Crippen molar-refractivity contribution >= 4 is 16.9 Å². The molecule has 3 rings (SSSR count). The predicted octanol–water partition coefficient (Wildman–Crippen LogP) is -0.658. The number of rotatable bonds is 1. The van der Waals surface area contributed by atoms with Gasteiger partial charge in [-0.1, -0.05) is 0 Å². The number of hydrogen-bond acceptors (Lipinski definition) is 6. The number of hydrogen-bond donors (Lipinski definition) is 1. The molecule has 18 heavy (non-hydrogen) atoms. The molecule has 1 aliphatic heterocycles. The van der Waals surface area contributed by atoms with E-state index in [1.54, 1.807) is 6.07 Å². The van der Waals surface area contributed by atoms with E-state index >= 15 is 0 Å². The molecule has 7 heteroatoms. The van der Waals surface area contributed by atoms with Gasteiger partial charge in [0, 0.05) is 25.5 Å². The number of aromatic nitrogens is 3. The van der Waals surface area contributed by atoms with Crippen molar-refractivity contribution < 1.29 is 4.74 Å². The van der Waals surface area contributed by atoms with Gasteiger partial charge in [0.15, 0.2) is 0 Å². The molecule has 0 aliphatic carbocycles. The summed E-state index contributed by atoms with van der Waals surface area (Å²) < 4.78 is 6.30. The molecule has 1 fully saturated rings. The molecular formula is C11H13N5O2. The van der Waals surface area contributed by atoms with Crippen LogP contribution in [0.4, 0.5) is 5.95 Å². The Kier molecular flexibility index (Phi) is 2.60. The molecule has 0 saturated carbocycles. The molecule has 7 nitrogen and oxygen atoms in total. The van der Waals surface area contributed by atoms with E-state index < -0.39 is 0 Å². The number of fused-ring (bicyclic) bond motifs is 1. The quantitative estimate of drug-likeness (QED) is 0.673. The van der Waals surface area contributed by atoms with Crippen molar-refractivity contribution in [2.75, 3.05) is 37.0 Å². The second-order valence-electron chi connectivity index (χ2n) is 4.10. The van der Waals surface area contributed by atoms with Gasteiger partial charge in [0.25, 0.3) is 5.56 Å². The largest absolute Gasteiger partial charge is 0.378 e. The third-order valence-corrected chi connectivity index (χ3v) is 2.96. The monoisotopic (exact) mass is 247 g/mol. The summed E-state index contributed by atoms with van der Waals surface area (Å²) in [6, 6.07) is 1.71. The van der Waals surface area contributed by atoms with Crippen LogP contribution in [-0.2, 0) is 4.74 Å². The van der Waals surface area contributed by atoms with Gasteiger partial charge in [0.05, 0.1) is 24.1 Å². The van der Waals surface area contributed by atoms with Gasteiger partial charge < -0.3 is 15.5 Å². The Hall–Kier alpha value is -2.15. The van der Waals surface area contributed by atoms with Crippen LogP contribution in [-0.4, -0.2) is 40.9 Å². The Labute approximate surface area is 103 Å². The van der Waals surface area contributed by atoms with Crippen LogP contribution in [0.3, 0.4) is 0 Å². The van der Waals surface area contributed by atoms with Crippen LogP contribution in [0.15, 0.2) is 23.3 Å². The Morgan fingerprint density at radius 1 is 1.33 bits per heavy atom. The van der Waals surface area contributed by atoms with Gasteiger partial charge in [-0.3, -0.25) is 4.79 Å². The number of nitrogen functional groups attached to an aromatic ring is 1. The van der Waals surface area contributed by atoms with E-state index in [4.69, 9.17) is 10.6 Å². The van der Waals surface area contributed by atoms with Crippen molar-refractivity contribution in [1.29, 1.82) is 0 Å². The van der Waals surface area contributed by atoms with Gasteiger partial charge in [0.2, 0.25) is 5.95 Å². The highest BCUT2D eigenvalue weighted by atomic mass is 16.5. The third-order valence-electron chi connectivity index (χ3n) is 2.96. The summed E-state index contributed by atoms with van der Waals surface area (Å²) in [6.07, 6.45) is 3.03. The fraction of sp³-hybridized carbons (Fsp3) is 0.364. The Bertz CT molecular complexity index is 633. The number of pyridine rings is 1. The van der Waals surface area contributed by atoms with Gasteiger partial charge in [-0.05, 0) is 6.07 Å². The summed E-state index contributed by atoms with van der Waals surface area (Å²) >= 11 is 0. The minimum absolute atomic E-state index is 0.291. The Morgan fingerprint density at radius 3 is 2.89 bits per heavy atom. The summed E-state index contributed by atoms with van der Waals surface area (Å²) in [6.45, 7) is 2.87. The summed E-state index contributed by atoms with van der Waals surface area (Å²) in [4.78, 5) is 22.4. The van der Waals surface area contributed by atoms with Crippen LogP contribution in [0.2, 0.25) is 0 Å². The van der Waals surface area contributed by atoms with Gasteiger partial charge >= 0.3 is 0 Å². The summed E-state index contributed by atoms with van der Waals surface area (Å²) in [5, 5.41) is 0.428. The number of anilines is 1. The molecule has 0 aromatic carbocycles. The van der Waals surface area contributed by atoms with E-state index in [0.717, 1.165) is 17.8 Å². The average Bonchev–Trinajstić information content (AvgIpc) is 2.44. The number of nitrogens with zero attached hydrogens (tertiary/aromatic N) is 4. The molecule has 94 valence electrons. The standard InChI is InChI=1S/C11H13N5O2/c12-16-2-1-9-8(10(16)17)7-13-11(14-9)15-3-5-18-6-4-15/h1-2,7H,3-6,12H2. The van der Waals surface area contributed by atoms with Crippen molar-refractivity contribution in [3.8, 4) is 0 Å². The zero-order valence-electron chi connectivity index (χ0n) is 9.74. The molecule has 0 spiro atoms. The van der Waals surface area contributed by atoms with E-state index in [1.807, 2.05) is 4.90 Å². The topological polar surface area (TPSA) is 86.3 Å². The fourth-order valence-electron chi connectivity index (χ4n) is 1.95. The zero-order valence-corrected chi connectivity index (χ0v) is 9.74. The SMILES string of the molecule is Nn1ccc2nc(N3CCOCC3)ncc2c1=O. The van der Waals surface area contributed by atoms with Crippen molar-refractivity contribution in [2.45, 2.75) is 0 Å². The maximum absolute atomic E-state index is 11.7. The zero-order chi connectivity index (χ0) is 12.5. The summed E-state index contributed by atoms with van der Waals surface area (Å²) in [5.41, 5.74) is 0.319. The number of morpholine rings is 1. The molecule has 2 N–H and O–H groups in total. The lowest BCUT2D eigenvalue weighted by Gasteiger charge is -2.26. The molecule has 0 unspecified atom stereocenters. The summed E-state index contributed by atoms with van der Waals surface area (Å²) in [5.74, 6) is 6.11. The molecule has 2 aromatic heterocycles. The van der Waals surface area contributed by atoms with E-state index in [-0.39, 0.29) is 5.56 Å². The average molecular weight is 247 g/mol. The molecule has 0 bridgehead atoms. The molecule has 2 aromatic rings. The third kappa shape index (κ3) is 1.78. The van der Waals surface area contributed by atoms with Gasteiger partial charge in [-0.25, -0.2) is 14.6 Å². The fourth-order valence-corrected chi connectivity index (χ4v) is 1.95. The predicted molar refractivity (Wildman–Crippen MR) is 67.0 cm³/mol. The van der Waals surface area contributed by atoms with E-state index in [0.29, 0.717) is 30.1 Å². The van der Waals surface area contributed by atoms with Crippen molar-refractivity contribution in [3.63, 3.8) is 0 Å². The number of ether oxygens (including phenoxy) is 1. The molecule has 0 amide bonds. The molecule has 3 heterocycles. The van der Waals surface area contributed by atoms with E-state index in [9.17, 15) is 4.79 Å². The Balaban J connectivity index is 2.06. The normalized spacial score (nSPS) is 16.1. The van der Waals surface area contributed by atoms with Crippen LogP contribution in [0.5, 0.6) is 0 Å². The van der Waals surface area contributed by atoms with Crippen LogP contribution >= 0.6 is 0 Å². The van der Waals surface area contributed by atoms with Crippen molar-refractivity contribution in [3.05, 3.63) is 28.8 Å². The smallest absolute Gasteiger partial charge is 0.279 e. The first kappa shape index (κ1) is 11.0. The maximum Gasteiger partial charge on any atom is 0.279 e. The number of nitrogens with two attached hydrogens (primary N) is 1. The first-order valence-electron chi connectivity index (χ1n) is 5.72. The lowest BCUT2D eigenvalue weighted by molar-refractivity contribution is 0.122. The van der Waals surface area contributed by atoms with Crippen LogP contribution < -0.4 is 16.3 Å². The van der Waals surface area contributed by atoms with Crippen LogP contribution in [0, 0.1) is 0 Å². The first-order chi connectivity index (χ1) is 8.75. The van der Waals surface area contributed by atoms with E-state index in [2.05, 4.69) is 9.97 Å². The second-order valence-corrected chi connectivity index (χ2v) is 4.10. The molecule has 0 radical (unpaired) electrons. The first-order valence-corrected chi connectivity index (χ1v) is 5.72. The second kappa shape index (κ2) is 4.26. The van der Waals surface area contributed by atoms with Gasteiger partial charge in [0.1, 0.15) is 0 Å². The van der Waals surface area contributed by atoms with Crippen LogP contribution in [0.25, 0.3) is 10.9 Å². The minimum Gasteiger partial charge on any atom is -0.378 e. The Morgan fingerprint density at radius 2 is 2.11 bits per heavy atom. The molecule has 0 atom stereocenters. The summed E-state index contributed by atoms with van der Waals surface area (Å²) in [7, 11) is 0. The van der Waals surface area contributed by atoms with Gasteiger partial charge in [-0.15, -0.1) is 0 Å².